The van der Waals surface area contributed by atoms with Crippen LogP contribution >= 0.6 is 0 Å². The van der Waals surface area contributed by atoms with E-state index >= 15 is 0 Å². The average molecular weight is 273 g/mol. The Hall–Kier alpha value is -2.48. The Labute approximate surface area is 112 Å². The normalized spacial score (nSPS) is 18.3. The standard InChI is InChI=1S/C12H11N5O3/c18-12-17(10(16-20-12)4-8-1-2-19-8)7-3-9-11(13-5-7)15-6-14-9/h3,5-6,8H,1-2,4H2,(H,13,14,15)/t8-/m1/s1. The van der Waals surface area contributed by atoms with E-state index in [1.54, 1.807) is 18.6 Å². The monoisotopic (exact) mass is 273 g/mol. The van der Waals surface area contributed by atoms with Crippen LogP contribution in [-0.2, 0) is 11.2 Å². The molecule has 0 spiro atoms. The number of hydrogen-bond donors (Lipinski definition) is 1. The minimum atomic E-state index is -0.531. The maximum atomic E-state index is 11.8. The van der Waals surface area contributed by atoms with Crippen molar-refractivity contribution >= 4 is 11.2 Å². The van der Waals surface area contributed by atoms with Crippen molar-refractivity contribution in [1.82, 2.24) is 24.7 Å². The Morgan fingerprint density at radius 1 is 1.45 bits per heavy atom. The predicted molar refractivity (Wildman–Crippen MR) is 67.6 cm³/mol. The lowest BCUT2D eigenvalue weighted by atomic mass is 10.1. The molecule has 0 saturated carbocycles. The van der Waals surface area contributed by atoms with Crippen molar-refractivity contribution in [2.45, 2.75) is 18.9 Å². The number of nitrogens with zero attached hydrogens (tertiary/aromatic N) is 4. The average Bonchev–Trinajstić information content (AvgIpc) is 2.99. The number of hydrogen-bond acceptors (Lipinski definition) is 6. The van der Waals surface area contributed by atoms with E-state index in [4.69, 9.17) is 9.26 Å². The molecule has 0 radical (unpaired) electrons. The summed E-state index contributed by atoms with van der Waals surface area (Å²) in [4.78, 5) is 23.1. The number of aromatic nitrogens is 5. The molecule has 8 heteroatoms. The van der Waals surface area contributed by atoms with Crippen molar-refractivity contribution in [3.8, 4) is 5.69 Å². The van der Waals surface area contributed by atoms with Gasteiger partial charge in [-0.25, -0.2) is 19.3 Å². The third-order valence-corrected chi connectivity index (χ3v) is 3.39. The van der Waals surface area contributed by atoms with Crippen molar-refractivity contribution in [3.63, 3.8) is 0 Å². The van der Waals surface area contributed by atoms with Gasteiger partial charge in [-0.05, 0) is 12.5 Å². The van der Waals surface area contributed by atoms with Gasteiger partial charge in [0.25, 0.3) is 0 Å². The molecule has 3 aromatic rings. The van der Waals surface area contributed by atoms with Crippen LogP contribution in [0, 0.1) is 0 Å². The van der Waals surface area contributed by atoms with Crippen LogP contribution in [0.2, 0.25) is 0 Å². The van der Waals surface area contributed by atoms with Gasteiger partial charge in [-0.3, -0.25) is 4.52 Å². The molecule has 0 aliphatic carbocycles. The number of ether oxygens (including phenoxy) is 1. The first-order valence-electron chi connectivity index (χ1n) is 6.30. The van der Waals surface area contributed by atoms with Crippen LogP contribution in [-0.4, -0.2) is 37.4 Å². The minimum Gasteiger partial charge on any atom is -0.378 e. The Morgan fingerprint density at radius 2 is 2.35 bits per heavy atom. The van der Waals surface area contributed by atoms with Crippen LogP contribution in [0.25, 0.3) is 16.9 Å². The molecule has 4 heterocycles. The summed E-state index contributed by atoms with van der Waals surface area (Å²) in [5, 5.41) is 3.82. The highest BCUT2D eigenvalue weighted by Crippen LogP contribution is 2.18. The Balaban J connectivity index is 1.79. The molecule has 1 saturated heterocycles. The predicted octanol–water partition coefficient (Wildman–Crippen LogP) is 0.428. The van der Waals surface area contributed by atoms with E-state index in [-0.39, 0.29) is 6.10 Å². The van der Waals surface area contributed by atoms with Gasteiger partial charge in [0, 0.05) is 13.0 Å². The Morgan fingerprint density at radius 3 is 3.15 bits per heavy atom. The van der Waals surface area contributed by atoms with Crippen LogP contribution in [0.3, 0.4) is 0 Å². The molecule has 0 aromatic carbocycles. The molecule has 1 N–H and O–H groups in total. The van der Waals surface area contributed by atoms with Crippen molar-refractivity contribution in [2.24, 2.45) is 0 Å². The highest BCUT2D eigenvalue weighted by atomic mass is 16.5. The minimum absolute atomic E-state index is 0.104. The molecule has 1 fully saturated rings. The zero-order valence-electron chi connectivity index (χ0n) is 10.4. The molecule has 3 aromatic heterocycles. The fraction of sp³-hybridized carbons (Fsp3) is 0.333. The van der Waals surface area contributed by atoms with Gasteiger partial charge in [-0.1, -0.05) is 5.16 Å². The zero-order valence-corrected chi connectivity index (χ0v) is 10.4. The molecule has 1 aliphatic heterocycles. The first kappa shape index (κ1) is 11.4. The van der Waals surface area contributed by atoms with Gasteiger partial charge in [0.05, 0.1) is 24.3 Å². The van der Waals surface area contributed by atoms with Gasteiger partial charge in [0.1, 0.15) is 5.52 Å². The SMILES string of the molecule is O=c1onc(C[C@H]2CCO2)n1-c1cnc2[nH]cnc2c1. The van der Waals surface area contributed by atoms with E-state index in [2.05, 4.69) is 20.1 Å². The number of rotatable bonds is 3. The maximum absolute atomic E-state index is 11.8. The first-order valence-corrected chi connectivity index (χ1v) is 6.30. The van der Waals surface area contributed by atoms with Gasteiger partial charge in [-0.15, -0.1) is 0 Å². The number of imidazole rings is 1. The molecule has 0 amide bonds. The zero-order chi connectivity index (χ0) is 13.5. The summed E-state index contributed by atoms with van der Waals surface area (Å²) >= 11 is 0. The van der Waals surface area contributed by atoms with Crippen LogP contribution in [0.5, 0.6) is 0 Å². The summed E-state index contributed by atoms with van der Waals surface area (Å²) in [5.41, 5.74) is 1.94. The number of aromatic amines is 1. The lowest BCUT2D eigenvalue weighted by Gasteiger charge is -2.25. The molecule has 1 aliphatic rings. The molecule has 20 heavy (non-hydrogen) atoms. The molecule has 1 atom stereocenters. The second kappa shape index (κ2) is 4.27. The van der Waals surface area contributed by atoms with Crippen LogP contribution in [0.15, 0.2) is 27.9 Å². The van der Waals surface area contributed by atoms with Crippen LogP contribution in [0.1, 0.15) is 12.2 Å². The van der Waals surface area contributed by atoms with E-state index in [1.807, 2.05) is 0 Å². The van der Waals surface area contributed by atoms with Crippen molar-refractivity contribution in [3.05, 3.63) is 35.0 Å². The molecule has 0 unspecified atom stereocenters. The van der Waals surface area contributed by atoms with Gasteiger partial charge in [0.15, 0.2) is 11.5 Å². The molecular formula is C12H11N5O3. The van der Waals surface area contributed by atoms with Crippen molar-refractivity contribution in [2.75, 3.05) is 6.61 Å². The fourth-order valence-electron chi connectivity index (χ4n) is 2.25. The first-order chi connectivity index (χ1) is 9.81. The highest BCUT2D eigenvalue weighted by Gasteiger charge is 2.23. The van der Waals surface area contributed by atoms with Crippen LogP contribution in [0.4, 0.5) is 0 Å². The molecule has 0 bridgehead atoms. The lowest BCUT2D eigenvalue weighted by molar-refractivity contribution is -0.0506. The van der Waals surface area contributed by atoms with Crippen LogP contribution < -0.4 is 5.76 Å². The van der Waals surface area contributed by atoms with E-state index in [0.29, 0.717) is 29.1 Å². The molecule has 4 rings (SSSR count). The van der Waals surface area contributed by atoms with Gasteiger partial charge in [0.2, 0.25) is 0 Å². The summed E-state index contributed by atoms with van der Waals surface area (Å²) in [5.74, 6) is 0.00685. The number of H-pyrrole nitrogens is 1. The molecule has 102 valence electrons. The molecule has 8 nitrogen and oxygen atoms in total. The number of fused-ring (bicyclic) bond motifs is 1. The van der Waals surface area contributed by atoms with E-state index in [9.17, 15) is 4.79 Å². The highest BCUT2D eigenvalue weighted by molar-refractivity contribution is 5.71. The largest absolute Gasteiger partial charge is 0.446 e. The third kappa shape index (κ3) is 1.73. The molecular weight excluding hydrogens is 262 g/mol. The quantitative estimate of drug-likeness (QED) is 0.743. The second-order valence-electron chi connectivity index (χ2n) is 4.65. The fourth-order valence-corrected chi connectivity index (χ4v) is 2.25. The van der Waals surface area contributed by atoms with Gasteiger partial charge in [-0.2, -0.15) is 0 Å². The van der Waals surface area contributed by atoms with Crippen molar-refractivity contribution in [1.29, 1.82) is 0 Å². The van der Waals surface area contributed by atoms with E-state index in [1.165, 1.54) is 4.57 Å². The third-order valence-electron chi connectivity index (χ3n) is 3.39. The lowest BCUT2D eigenvalue weighted by Crippen LogP contribution is -2.30. The topological polar surface area (TPSA) is 98.8 Å². The summed E-state index contributed by atoms with van der Waals surface area (Å²) < 4.78 is 11.5. The summed E-state index contributed by atoms with van der Waals surface area (Å²) in [7, 11) is 0. The Bertz CT molecular complexity index is 814. The smallest absolute Gasteiger partial charge is 0.378 e. The van der Waals surface area contributed by atoms with Gasteiger partial charge < -0.3 is 9.72 Å². The summed E-state index contributed by atoms with van der Waals surface area (Å²) in [6.45, 7) is 0.757. The van der Waals surface area contributed by atoms with Gasteiger partial charge >= 0.3 is 5.76 Å². The van der Waals surface area contributed by atoms with E-state index in [0.717, 1.165) is 13.0 Å². The van der Waals surface area contributed by atoms with E-state index < -0.39 is 5.76 Å². The second-order valence-corrected chi connectivity index (χ2v) is 4.65. The Kier molecular flexibility index (Phi) is 2.43. The maximum Gasteiger partial charge on any atom is 0.446 e. The number of pyridine rings is 1. The summed E-state index contributed by atoms with van der Waals surface area (Å²) in [6, 6.07) is 1.77. The van der Waals surface area contributed by atoms with Crippen molar-refractivity contribution < 1.29 is 9.26 Å². The summed E-state index contributed by atoms with van der Waals surface area (Å²) in [6.07, 6.45) is 4.76. The number of nitrogens with one attached hydrogen (secondary N) is 1.